The van der Waals surface area contributed by atoms with E-state index in [9.17, 15) is 19.2 Å². The van der Waals surface area contributed by atoms with E-state index in [0.29, 0.717) is 18.4 Å². The average molecular weight is 495 g/mol. The van der Waals surface area contributed by atoms with Gasteiger partial charge in [0.05, 0.1) is 16.4 Å². The fraction of sp³-hybridized carbons (Fsp3) is 0.538. The molecule has 0 aliphatic carbocycles. The zero-order chi connectivity index (χ0) is 27.1. The smallest absolute Gasteiger partial charge is 0.338 e. The second-order valence-electron chi connectivity index (χ2n) is 8.80. The maximum Gasteiger partial charge on any atom is 0.338 e. The molecule has 0 aliphatic rings. The molecule has 0 amide bonds. The minimum absolute atomic E-state index is 0.00520. The minimum atomic E-state index is -0.527. The predicted octanol–water partition coefficient (Wildman–Crippen LogP) is 4.22. The van der Waals surface area contributed by atoms with Gasteiger partial charge in [-0.2, -0.15) is 0 Å². The van der Waals surface area contributed by atoms with Crippen LogP contribution in [0.25, 0.3) is 0 Å². The zero-order valence-corrected chi connectivity index (χ0v) is 21.5. The van der Waals surface area contributed by atoms with E-state index in [2.05, 4.69) is 11.3 Å². The van der Waals surface area contributed by atoms with Crippen LogP contribution in [0.5, 0.6) is 5.75 Å². The van der Waals surface area contributed by atoms with E-state index in [-0.39, 0.29) is 44.1 Å². The van der Waals surface area contributed by atoms with Gasteiger partial charge in [0.2, 0.25) is 0 Å². The van der Waals surface area contributed by atoms with E-state index in [0.717, 1.165) is 6.08 Å². The number of carbonyl (C=O) groups is 4. The second-order valence-corrected chi connectivity index (χ2v) is 8.80. The molecule has 1 aromatic rings. The van der Waals surface area contributed by atoms with Gasteiger partial charge < -0.3 is 24.1 Å². The third-order valence-electron chi connectivity index (χ3n) is 5.25. The molecule has 0 fully saturated rings. The van der Waals surface area contributed by atoms with Gasteiger partial charge in [-0.05, 0) is 64.8 Å². The maximum absolute atomic E-state index is 11.7. The first-order valence-electron chi connectivity index (χ1n) is 11.4. The number of aromatic hydroxyl groups is 1. The van der Waals surface area contributed by atoms with Crippen LogP contribution in [-0.4, -0.2) is 55.4 Å². The Hall–Kier alpha value is -3.36. The zero-order valence-electron chi connectivity index (χ0n) is 21.5. The number of carbonyl (C=O) groups excluding carboxylic acids is 4. The summed E-state index contributed by atoms with van der Waals surface area (Å²) in [6.07, 6.45) is 2.45. The van der Waals surface area contributed by atoms with Crippen molar-refractivity contribution < 1.29 is 43.2 Å². The number of hydrogen-bond acceptors (Lipinski definition) is 9. The molecule has 0 saturated heterocycles. The van der Waals surface area contributed by atoms with Gasteiger partial charge in [-0.15, -0.1) is 0 Å². The van der Waals surface area contributed by atoms with Crippen LogP contribution in [0.1, 0.15) is 64.7 Å². The molecule has 0 aromatic heterocycles. The number of benzene rings is 1. The van der Waals surface area contributed by atoms with Gasteiger partial charge in [-0.1, -0.05) is 20.4 Å². The highest BCUT2D eigenvalue weighted by Crippen LogP contribution is 2.22. The Morgan fingerprint density at radius 3 is 1.57 bits per heavy atom. The molecule has 0 spiro atoms. The van der Waals surface area contributed by atoms with E-state index in [1.54, 1.807) is 13.8 Å². The molecular weight excluding hydrogens is 456 g/mol. The first-order valence-corrected chi connectivity index (χ1v) is 11.4. The van der Waals surface area contributed by atoms with Gasteiger partial charge in [0, 0.05) is 6.08 Å². The molecule has 9 nitrogen and oxygen atoms in total. The van der Waals surface area contributed by atoms with Crippen LogP contribution in [0.15, 0.2) is 36.9 Å². The van der Waals surface area contributed by atoms with Crippen molar-refractivity contribution in [2.24, 2.45) is 10.8 Å². The largest absolute Gasteiger partial charge is 0.508 e. The summed E-state index contributed by atoms with van der Waals surface area (Å²) in [7, 11) is 0. The number of hydrogen-bond donors (Lipinski definition) is 1. The summed E-state index contributed by atoms with van der Waals surface area (Å²) in [6, 6.07) is 5.73. The molecule has 196 valence electrons. The van der Waals surface area contributed by atoms with E-state index in [1.807, 2.05) is 27.7 Å². The van der Waals surface area contributed by atoms with Crippen molar-refractivity contribution in [2.75, 3.05) is 26.4 Å². The summed E-state index contributed by atoms with van der Waals surface area (Å²) in [5.41, 5.74) is -0.674. The summed E-state index contributed by atoms with van der Waals surface area (Å²) in [5, 5.41) is 9.10. The third-order valence-corrected chi connectivity index (χ3v) is 5.25. The lowest BCUT2D eigenvalue weighted by molar-refractivity contribution is -0.158. The Kier molecular flexibility index (Phi) is 14.0. The topological polar surface area (TPSA) is 125 Å². The lowest BCUT2D eigenvalue weighted by Gasteiger charge is -2.20. The van der Waals surface area contributed by atoms with Crippen molar-refractivity contribution in [3.8, 4) is 5.75 Å². The highest BCUT2D eigenvalue weighted by atomic mass is 16.6. The number of phenols is 1. The van der Waals surface area contributed by atoms with Crippen molar-refractivity contribution in [2.45, 2.75) is 54.4 Å². The van der Waals surface area contributed by atoms with Crippen molar-refractivity contribution in [3.63, 3.8) is 0 Å². The van der Waals surface area contributed by atoms with Crippen LogP contribution in [0.4, 0.5) is 0 Å². The molecule has 0 aliphatic heterocycles. The first kappa shape index (κ1) is 31.6. The van der Waals surface area contributed by atoms with E-state index in [4.69, 9.17) is 19.3 Å². The molecule has 0 atom stereocenters. The summed E-state index contributed by atoms with van der Waals surface area (Å²) < 4.78 is 19.6. The highest BCUT2D eigenvalue weighted by Gasteiger charge is 2.27. The van der Waals surface area contributed by atoms with Gasteiger partial charge in [0.15, 0.2) is 0 Å². The summed E-state index contributed by atoms with van der Waals surface area (Å²) in [4.78, 5) is 45.3. The summed E-state index contributed by atoms with van der Waals surface area (Å²) in [5.74, 6) is -1.53. The predicted molar refractivity (Wildman–Crippen MR) is 130 cm³/mol. The summed E-state index contributed by atoms with van der Waals surface area (Å²) >= 11 is 0. The molecule has 1 N–H and O–H groups in total. The van der Waals surface area contributed by atoms with Crippen LogP contribution in [0.3, 0.4) is 0 Å². The molecular formula is C26H38O9. The van der Waals surface area contributed by atoms with Crippen LogP contribution < -0.4 is 0 Å². The van der Waals surface area contributed by atoms with Crippen molar-refractivity contribution in [1.82, 2.24) is 0 Å². The average Bonchev–Trinajstić information content (AvgIpc) is 2.84. The van der Waals surface area contributed by atoms with Gasteiger partial charge in [-0.25, -0.2) is 9.59 Å². The molecule has 0 radical (unpaired) electrons. The Morgan fingerprint density at radius 2 is 1.17 bits per heavy atom. The monoisotopic (exact) mass is 494 g/mol. The van der Waals surface area contributed by atoms with Gasteiger partial charge in [0.1, 0.15) is 32.2 Å². The lowest BCUT2D eigenvalue weighted by atomic mass is 9.91. The molecule has 0 unspecified atom stereocenters. The number of ether oxygens (including phenoxy) is 4. The fourth-order valence-corrected chi connectivity index (χ4v) is 1.96. The number of esters is 4. The quantitative estimate of drug-likeness (QED) is 0.197. The van der Waals surface area contributed by atoms with E-state index < -0.39 is 22.8 Å². The van der Waals surface area contributed by atoms with Crippen LogP contribution >= 0.6 is 0 Å². The molecule has 0 heterocycles. The molecule has 35 heavy (non-hydrogen) atoms. The Labute approximate surface area is 207 Å². The molecule has 9 heteroatoms. The molecule has 0 bridgehead atoms. The maximum atomic E-state index is 11.7. The normalized spacial score (nSPS) is 10.8. The number of phenolic OH excluding ortho intramolecular Hbond substituents is 1. The molecule has 0 saturated carbocycles. The highest BCUT2D eigenvalue weighted by molar-refractivity contribution is 5.89. The lowest BCUT2D eigenvalue weighted by Crippen LogP contribution is -2.27. The van der Waals surface area contributed by atoms with Crippen LogP contribution in [-0.2, 0) is 33.3 Å². The Morgan fingerprint density at radius 1 is 0.771 bits per heavy atom. The fourth-order valence-electron chi connectivity index (χ4n) is 1.96. The summed E-state index contributed by atoms with van der Waals surface area (Å²) in [6.45, 7) is 14.5. The molecule has 1 rings (SSSR count). The minimum Gasteiger partial charge on any atom is -0.508 e. The first-order chi connectivity index (χ1) is 16.3. The van der Waals surface area contributed by atoms with Gasteiger partial charge in [0.25, 0.3) is 0 Å². The second kappa shape index (κ2) is 15.5. The standard InChI is InChI=1S/C15H20O5.C11H18O4/c1-4-15(2,3)14(18)20-10-9-19-13(17)11-5-7-12(16)8-6-11;1-5-9(12)14-7-8-15-10(13)11(3,4)6-2/h5-8,16H,4,9-10H2,1-3H3;5H,1,6-8H2,2-4H3. The van der Waals surface area contributed by atoms with Gasteiger partial charge in [-0.3, -0.25) is 9.59 Å². The Bertz CT molecular complexity index is 839. The Balaban J connectivity index is 0.000000691. The number of rotatable bonds is 12. The SMILES string of the molecule is C=CC(=O)OCCOC(=O)C(C)(C)CC.CCC(C)(C)C(=O)OCCOC(=O)c1ccc(O)cc1. The third kappa shape index (κ3) is 12.6. The molecule has 1 aromatic carbocycles. The van der Waals surface area contributed by atoms with Crippen LogP contribution in [0.2, 0.25) is 0 Å². The van der Waals surface area contributed by atoms with E-state index in [1.165, 1.54) is 24.3 Å². The van der Waals surface area contributed by atoms with Crippen molar-refractivity contribution in [3.05, 3.63) is 42.5 Å². The van der Waals surface area contributed by atoms with Crippen molar-refractivity contribution >= 4 is 23.9 Å². The van der Waals surface area contributed by atoms with Crippen molar-refractivity contribution in [1.29, 1.82) is 0 Å². The van der Waals surface area contributed by atoms with E-state index >= 15 is 0 Å². The van der Waals surface area contributed by atoms with Gasteiger partial charge >= 0.3 is 23.9 Å². The van der Waals surface area contributed by atoms with Crippen LogP contribution in [0, 0.1) is 10.8 Å².